The third-order valence-electron chi connectivity index (χ3n) is 4.24. The molecule has 0 saturated carbocycles. The molecular weight excluding hydrogens is 418 g/mol. The molecular formula is C19H22ClN3O3S2. The zero-order chi connectivity index (χ0) is 20.3. The summed E-state index contributed by atoms with van der Waals surface area (Å²) in [6.45, 7) is 3.76. The van der Waals surface area contributed by atoms with E-state index in [0.29, 0.717) is 11.4 Å². The van der Waals surface area contributed by atoms with Gasteiger partial charge in [0.05, 0.1) is 11.1 Å². The fourth-order valence-electron chi connectivity index (χ4n) is 2.71. The Bertz CT molecular complexity index is 951. The number of fused-ring (bicyclic) bond motifs is 1. The molecule has 0 saturated heterocycles. The summed E-state index contributed by atoms with van der Waals surface area (Å²) in [4.78, 5) is 5.53. The minimum absolute atomic E-state index is 0.200. The van der Waals surface area contributed by atoms with Crippen molar-refractivity contribution >= 4 is 46.0 Å². The SMILES string of the molecule is CSc1cnc2ccc(OC(SC)C(O)NC(C)(C)c3cc(Cl)on3)cc2c1. The molecule has 0 radical (unpaired) electrons. The zero-order valence-corrected chi connectivity index (χ0v) is 18.4. The van der Waals surface area contributed by atoms with Crippen molar-refractivity contribution in [1.29, 1.82) is 0 Å². The van der Waals surface area contributed by atoms with Crippen LogP contribution in [0.4, 0.5) is 0 Å². The Morgan fingerprint density at radius 2 is 2.04 bits per heavy atom. The number of nitrogens with zero attached hydrogens (tertiary/aromatic N) is 2. The van der Waals surface area contributed by atoms with Crippen LogP contribution in [0.5, 0.6) is 5.75 Å². The van der Waals surface area contributed by atoms with Gasteiger partial charge in [0.25, 0.3) is 0 Å². The number of hydrogen-bond acceptors (Lipinski definition) is 8. The van der Waals surface area contributed by atoms with Gasteiger partial charge in [-0.2, -0.15) is 0 Å². The average Bonchev–Trinajstić information content (AvgIpc) is 3.12. The minimum atomic E-state index is -0.952. The monoisotopic (exact) mass is 439 g/mol. The van der Waals surface area contributed by atoms with E-state index in [9.17, 15) is 5.11 Å². The maximum Gasteiger partial charge on any atom is 0.226 e. The van der Waals surface area contributed by atoms with E-state index in [-0.39, 0.29) is 5.22 Å². The van der Waals surface area contributed by atoms with E-state index in [1.54, 1.807) is 17.8 Å². The predicted molar refractivity (Wildman–Crippen MR) is 115 cm³/mol. The van der Waals surface area contributed by atoms with Gasteiger partial charge in [-0.15, -0.1) is 23.5 Å². The van der Waals surface area contributed by atoms with E-state index < -0.39 is 17.2 Å². The third-order valence-corrected chi connectivity index (χ3v) is 5.93. The molecule has 3 rings (SSSR count). The second kappa shape index (κ2) is 8.92. The van der Waals surface area contributed by atoms with E-state index in [0.717, 1.165) is 15.8 Å². The summed E-state index contributed by atoms with van der Waals surface area (Å²) in [5.74, 6) is 0.662. The standard InChI is InChI=1S/C19H22ClN3O3S2/c1-19(2,15-9-16(20)26-23-15)22-17(24)18(28-4)25-12-5-6-14-11(7-12)8-13(27-3)10-21-14/h5-10,17-18,22,24H,1-4H3. The Hall–Kier alpha value is -1.45. The predicted octanol–water partition coefficient (Wildman–Crippen LogP) is 4.51. The van der Waals surface area contributed by atoms with Gasteiger partial charge in [-0.05, 0) is 62.2 Å². The second-order valence-corrected chi connectivity index (χ2v) is 8.87. The number of benzene rings is 1. The molecule has 2 aromatic heterocycles. The van der Waals surface area contributed by atoms with Gasteiger partial charge in [-0.1, -0.05) is 5.16 Å². The average molecular weight is 440 g/mol. The third kappa shape index (κ3) is 4.93. The van der Waals surface area contributed by atoms with Crippen LogP contribution in [0.2, 0.25) is 5.22 Å². The Kier molecular flexibility index (Phi) is 6.77. The van der Waals surface area contributed by atoms with Gasteiger partial charge in [0.2, 0.25) is 5.22 Å². The summed E-state index contributed by atoms with van der Waals surface area (Å²) in [5, 5.41) is 18.9. The molecule has 2 unspecified atom stereocenters. The number of rotatable bonds is 8. The maximum absolute atomic E-state index is 10.7. The Morgan fingerprint density at radius 3 is 2.68 bits per heavy atom. The maximum atomic E-state index is 10.7. The molecule has 3 aromatic rings. The van der Waals surface area contributed by atoms with E-state index in [2.05, 4.69) is 21.5 Å². The number of ether oxygens (including phenoxy) is 1. The highest BCUT2D eigenvalue weighted by Gasteiger charge is 2.31. The summed E-state index contributed by atoms with van der Waals surface area (Å²) < 4.78 is 11.0. The lowest BCUT2D eigenvalue weighted by molar-refractivity contribution is 0.0354. The normalized spacial score (nSPS) is 14.2. The highest BCUT2D eigenvalue weighted by molar-refractivity contribution is 7.99. The first-order chi connectivity index (χ1) is 13.3. The molecule has 28 heavy (non-hydrogen) atoms. The van der Waals surface area contributed by atoms with Crippen molar-refractivity contribution in [3.63, 3.8) is 0 Å². The van der Waals surface area contributed by atoms with Crippen LogP contribution in [-0.2, 0) is 5.54 Å². The molecule has 0 fully saturated rings. The van der Waals surface area contributed by atoms with Gasteiger partial charge in [0.1, 0.15) is 11.4 Å². The van der Waals surface area contributed by atoms with Gasteiger partial charge in [0.15, 0.2) is 11.7 Å². The van der Waals surface area contributed by atoms with Crippen molar-refractivity contribution in [2.24, 2.45) is 0 Å². The molecule has 2 N–H and O–H groups in total. The van der Waals surface area contributed by atoms with Crippen molar-refractivity contribution in [2.75, 3.05) is 12.5 Å². The fourth-order valence-corrected chi connectivity index (χ4v) is 3.78. The molecule has 0 aliphatic heterocycles. The molecule has 0 spiro atoms. The number of aliphatic hydroxyl groups excluding tert-OH is 1. The van der Waals surface area contributed by atoms with Crippen LogP contribution in [0.15, 0.2) is 45.9 Å². The van der Waals surface area contributed by atoms with E-state index in [1.165, 1.54) is 11.8 Å². The number of thioether (sulfide) groups is 2. The lowest BCUT2D eigenvalue weighted by Gasteiger charge is -2.31. The van der Waals surface area contributed by atoms with Crippen molar-refractivity contribution in [3.8, 4) is 5.75 Å². The summed E-state index contributed by atoms with van der Waals surface area (Å²) >= 11 is 8.86. The van der Waals surface area contributed by atoms with E-state index in [1.807, 2.05) is 50.8 Å². The second-order valence-electron chi connectivity index (χ2n) is 6.68. The van der Waals surface area contributed by atoms with Crippen molar-refractivity contribution in [1.82, 2.24) is 15.5 Å². The van der Waals surface area contributed by atoms with Gasteiger partial charge < -0.3 is 14.4 Å². The Balaban J connectivity index is 1.74. The summed E-state index contributed by atoms with van der Waals surface area (Å²) in [6.07, 6.45) is 4.79. The van der Waals surface area contributed by atoms with E-state index in [4.69, 9.17) is 20.9 Å². The van der Waals surface area contributed by atoms with Gasteiger partial charge in [-0.25, -0.2) is 0 Å². The van der Waals surface area contributed by atoms with Crippen molar-refractivity contribution < 1.29 is 14.4 Å². The van der Waals surface area contributed by atoms with Crippen LogP contribution in [0.3, 0.4) is 0 Å². The highest BCUT2D eigenvalue weighted by atomic mass is 35.5. The topological polar surface area (TPSA) is 80.4 Å². The molecule has 0 aliphatic rings. The van der Waals surface area contributed by atoms with Crippen LogP contribution in [0, 0.1) is 0 Å². The number of nitrogens with one attached hydrogen (secondary N) is 1. The molecule has 150 valence electrons. The quantitative estimate of drug-likeness (QED) is 0.392. The van der Waals surface area contributed by atoms with Gasteiger partial charge in [-0.3, -0.25) is 10.3 Å². The number of aromatic nitrogens is 2. The smallest absolute Gasteiger partial charge is 0.226 e. The highest BCUT2D eigenvalue weighted by Crippen LogP contribution is 2.28. The zero-order valence-electron chi connectivity index (χ0n) is 16.0. The number of pyridine rings is 1. The first kappa shape index (κ1) is 21.3. The molecule has 2 heterocycles. The van der Waals surface area contributed by atoms with Crippen LogP contribution in [-0.4, -0.2) is 39.4 Å². The van der Waals surface area contributed by atoms with Crippen molar-refractivity contribution in [2.45, 2.75) is 35.9 Å². The molecule has 0 bridgehead atoms. The summed E-state index contributed by atoms with van der Waals surface area (Å²) in [7, 11) is 0. The number of hydrogen-bond donors (Lipinski definition) is 2. The first-order valence-electron chi connectivity index (χ1n) is 8.54. The van der Waals surface area contributed by atoms with Crippen LogP contribution >= 0.6 is 35.1 Å². The van der Waals surface area contributed by atoms with Gasteiger partial charge >= 0.3 is 0 Å². The lowest BCUT2D eigenvalue weighted by Crippen LogP contribution is -2.50. The summed E-state index contributed by atoms with van der Waals surface area (Å²) in [6, 6.07) is 9.39. The van der Waals surface area contributed by atoms with Crippen molar-refractivity contribution in [3.05, 3.63) is 47.4 Å². The molecule has 0 aliphatic carbocycles. The molecule has 9 heteroatoms. The first-order valence-corrected chi connectivity index (χ1v) is 11.4. The summed E-state index contributed by atoms with van der Waals surface area (Å²) in [5.41, 5.74) is 0.302. The minimum Gasteiger partial charge on any atom is -0.476 e. The van der Waals surface area contributed by atoms with Gasteiger partial charge in [0, 0.05) is 22.5 Å². The van der Waals surface area contributed by atoms with E-state index >= 15 is 0 Å². The Labute approximate surface area is 177 Å². The van der Waals surface area contributed by atoms with Crippen LogP contribution in [0.25, 0.3) is 10.9 Å². The molecule has 6 nitrogen and oxygen atoms in total. The number of halogens is 1. The molecule has 0 amide bonds. The lowest BCUT2D eigenvalue weighted by atomic mass is 10.0. The van der Waals surface area contributed by atoms with Crippen LogP contribution < -0.4 is 10.1 Å². The fraction of sp³-hybridized carbons (Fsp3) is 0.368. The largest absolute Gasteiger partial charge is 0.476 e. The Morgan fingerprint density at radius 1 is 1.25 bits per heavy atom. The van der Waals surface area contributed by atoms with Crippen LogP contribution in [0.1, 0.15) is 19.5 Å². The number of aliphatic hydroxyl groups is 1. The molecule has 2 atom stereocenters. The molecule has 1 aromatic carbocycles.